The first-order chi connectivity index (χ1) is 15.6. The van der Waals surface area contributed by atoms with Crippen molar-refractivity contribution in [2.45, 2.75) is 26.8 Å². The normalized spacial score (nSPS) is 13.1. The number of anilines is 1. The summed E-state index contributed by atoms with van der Waals surface area (Å²) in [6.07, 6.45) is 2.54. The molecule has 7 nitrogen and oxygen atoms in total. The Kier molecular flexibility index (Phi) is 5.23. The predicted molar refractivity (Wildman–Crippen MR) is 123 cm³/mol. The minimum atomic E-state index is -0.218. The smallest absolute Gasteiger partial charge is 0.256 e. The maximum Gasteiger partial charge on any atom is 0.256 e. The Balaban J connectivity index is 1.43. The summed E-state index contributed by atoms with van der Waals surface area (Å²) in [6, 6.07) is 15.5. The summed E-state index contributed by atoms with van der Waals surface area (Å²) in [6.45, 7) is 5.75. The molecule has 2 aromatic carbocycles. The number of nitrogens with one attached hydrogen (secondary N) is 1. The van der Waals surface area contributed by atoms with Crippen LogP contribution in [0.5, 0.6) is 11.5 Å². The fraction of sp³-hybridized carbons (Fsp3) is 0.240. The summed E-state index contributed by atoms with van der Waals surface area (Å²) < 4.78 is 13.2. The van der Waals surface area contributed by atoms with E-state index in [0.717, 1.165) is 23.1 Å². The Labute approximate surface area is 186 Å². The largest absolute Gasteiger partial charge is 0.490 e. The Bertz CT molecular complexity index is 1290. The quantitative estimate of drug-likeness (QED) is 0.517. The second-order valence-electron chi connectivity index (χ2n) is 8.00. The molecule has 0 bridgehead atoms. The van der Waals surface area contributed by atoms with Gasteiger partial charge in [0, 0.05) is 23.9 Å². The fourth-order valence-electron chi connectivity index (χ4n) is 3.78. The number of aromatic nitrogens is 3. The standard InChI is InChI=1S/C25H24N4O3/c1-16-4-6-18(7-5-16)15-29-24-21(14-26-29)20(12-17(2)27-24)25(30)28-19-8-9-22-23(13-19)32-11-3-10-31-22/h4-9,12-14H,3,10-11,15H2,1-2H3,(H,28,30). The van der Waals surface area contributed by atoms with Crippen LogP contribution in [0, 0.1) is 13.8 Å². The van der Waals surface area contributed by atoms with Crippen molar-refractivity contribution in [3.8, 4) is 11.5 Å². The molecule has 1 aliphatic rings. The van der Waals surface area contributed by atoms with E-state index in [1.807, 2.05) is 23.7 Å². The average molecular weight is 428 g/mol. The zero-order chi connectivity index (χ0) is 22.1. The maximum atomic E-state index is 13.2. The van der Waals surface area contributed by atoms with Crippen molar-refractivity contribution in [2.24, 2.45) is 0 Å². The molecule has 7 heteroatoms. The number of carbonyl (C=O) groups is 1. The van der Waals surface area contributed by atoms with E-state index in [1.165, 1.54) is 5.56 Å². The zero-order valence-electron chi connectivity index (χ0n) is 18.1. The molecule has 1 N–H and O–H groups in total. The molecule has 0 saturated carbocycles. The number of ether oxygens (including phenoxy) is 2. The molecule has 2 aromatic heterocycles. The highest BCUT2D eigenvalue weighted by atomic mass is 16.5. The van der Waals surface area contributed by atoms with Crippen LogP contribution < -0.4 is 14.8 Å². The predicted octanol–water partition coefficient (Wildman–Crippen LogP) is 4.51. The minimum Gasteiger partial charge on any atom is -0.490 e. The van der Waals surface area contributed by atoms with Crippen LogP contribution in [0.4, 0.5) is 5.69 Å². The molecular weight excluding hydrogens is 404 g/mol. The van der Waals surface area contributed by atoms with Gasteiger partial charge in [0.2, 0.25) is 0 Å². The minimum absolute atomic E-state index is 0.218. The Morgan fingerprint density at radius 3 is 2.62 bits per heavy atom. The lowest BCUT2D eigenvalue weighted by Crippen LogP contribution is -2.13. The van der Waals surface area contributed by atoms with Crippen LogP contribution in [-0.2, 0) is 6.54 Å². The van der Waals surface area contributed by atoms with E-state index in [2.05, 4.69) is 46.6 Å². The van der Waals surface area contributed by atoms with Crippen molar-refractivity contribution in [1.29, 1.82) is 0 Å². The molecule has 162 valence electrons. The molecule has 4 aromatic rings. The van der Waals surface area contributed by atoms with Crippen molar-refractivity contribution in [2.75, 3.05) is 18.5 Å². The summed E-state index contributed by atoms with van der Waals surface area (Å²) in [5.41, 5.74) is 4.97. The summed E-state index contributed by atoms with van der Waals surface area (Å²) in [4.78, 5) is 17.8. The number of pyridine rings is 1. The number of aryl methyl sites for hydroxylation is 2. The first-order valence-electron chi connectivity index (χ1n) is 10.7. The van der Waals surface area contributed by atoms with Crippen molar-refractivity contribution in [1.82, 2.24) is 14.8 Å². The Morgan fingerprint density at radius 2 is 1.81 bits per heavy atom. The first kappa shape index (κ1) is 20.1. The maximum absolute atomic E-state index is 13.2. The van der Waals surface area contributed by atoms with Gasteiger partial charge < -0.3 is 14.8 Å². The van der Waals surface area contributed by atoms with Gasteiger partial charge in [-0.15, -0.1) is 0 Å². The fourth-order valence-corrected chi connectivity index (χ4v) is 3.78. The van der Waals surface area contributed by atoms with Gasteiger partial charge in [-0.25, -0.2) is 9.67 Å². The third kappa shape index (κ3) is 4.01. The lowest BCUT2D eigenvalue weighted by atomic mass is 10.1. The van der Waals surface area contributed by atoms with E-state index in [0.29, 0.717) is 48.2 Å². The first-order valence-corrected chi connectivity index (χ1v) is 10.7. The van der Waals surface area contributed by atoms with Crippen LogP contribution in [0.1, 0.15) is 33.6 Å². The van der Waals surface area contributed by atoms with E-state index in [4.69, 9.17) is 9.47 Å². The van der Waals surface area contributed by atoms with Gasteiger partial charge >= 0.3 is 0 Å². The van der Waals surface area contributed by atoms with Gasteiger partial charge in [-0.1, -0.05) is 29.8 Å². The molecule has 0 radical (unpaired) electrons. The molecule has 0 saturated heterocycles. The second-order valence-corrected chi connectivity index (χ2v) is 8.00. The molecule has 32 heavy (non-hydrogen) atoms. The highest BCUT2D eigenvalue weighted by Crippen LogP contribution is 2.32. The Hall–Kier alpha value is -3.87. The van der Waals surface area contributed by atoms with Crippen LogP contribution >= 0.6 is 0 Å². The third-order valence-electron chi connectivity index (χ3n) is 5.44. The van der Waals surface area contributed by atoms with Crippen molar-refractivity contribution in [3.05, 3.63) is 77.1 Å². The molecule has 0 atom stereocenters. The number of hydrogen-bond donors (Lipinski definition) is 1. The molecule has 0 fully saturated rings. The van der Waals surface area contributed by atoms with E-state index >= 15 is 0 Å². The molecular formula is C25H24N4O3. The van der Waals surface area contributed by atoms with Gasteiger partial charge in [-0.05, 0) is 37.6 Å². The van der Waals surface area contributed by atoms with Gasteiger partial charge in [-0.2, -0.15) is 5.10 Å². The van der Waals surface area contributed by atoms with Crippen LogP contribution in [0.2, 0.25) is 0 Å². The molecule has 5 rings (SSSR count). The number of carbonyl (C=O) groups excluding carboxylic acids is 1. The summed E-state index contributed by atoms with van der Waals surface area (Å²) in [5.74, 6) is 1.12. The molecule has 0 aliphatic carbocycles. The topological polar surface area (TPSA) is 78.3 Å². The van der Waals surface area contributed by atoms with E-state index in [1.54, 1.807) is 18.3 Å². The number of amides is 1. The highest BCUT2D eigenvalue weighted by molar-refractivity contribution is 6.12. The highest BCUT2D eigenvalue weighted by Gasteiger charge is 2.18. The van der Waals surface area contributed by atoms with Crippen LogP contribution in [0.15, 0.2) is 54.7 Å². The zero-order valence-corrected chi connectivity index (χ0v) is 18.1. The lowest BCUT2D eigenvalue weighted by Gasteiger charge is -2.11. The van der Waals surface area contributed by atoms with Crippen LogP contribution in [0.3, 0.4) is 0 Å². The molecule has 1 amide bonds. The summed E-state index contributed by atoms with van der Waals surface area (Å²) in [7, 11) is 0. The van der Waals surface area contributed by atoms with Gasteiger partial charge in [0.15, 0.2) is 17.1 Å². The third-order valence-corrected chi connectivity index (χ3v) is 5.44. The van der Waals surface area contributed by atoms with Crippen molar-refractivity contribution >= 4 is 22.6 Å². The summed E-state index contributed by atoms with van der Waals surface area (Å²) in [5, 5.41) is 8.20. The molecule has 0 spiro atoms. The van der Waals surface area contributed by atoms with Gasteiger partial charge in [0.05, 0.1) is 36.9 Å². The van der Waals surface area contributed by atoms with Gasteiger partial charge in [0.25, 0.3) is 5.91 Å². The molecule has 1 aliphatic heterocycles. The van der Waals surface area contributed by atoms with E-state index in [9.17, 15) is 4.79 Å². The monoisotopic (exact) mass is 428 g/mol. The summed E-state index contributed by atoms with van der Waals surface area (Å²) >= 11 is 0. The van der Waals surface area contributed by atoms with E-state index in [-0.39, 0.29) is 5.91 Å². The molecule has 0 unspecified atom stereocenters. The SMILES string of the molecule is Cc1ccc(Cn2ncc3c(C(=O)Nc4ccc5c(c4)OCCCO5)cc(C)nc32)cc1. The number of benzene rings is 2. The second kappa shape index (κ2) is 8.34. The van der Waals surface area contributed by atoms with Crippen molar-refractivity contribution in [3.63, 3.8) is 0 Å². The number of rotatable bonds is 4. The van der Waals surface area contributed by atoms with Crippen LogP contribution in [-0.4, -0.2) is 33.9 Å². The van der Waals surface area contributed by atoms with Gasteiger partial charge in [-0.3, -0.25) is 4.79 Å². The van der Waals surface area contributed by atoms with Crippen molar-refractivity contribution < 1.29 is 14.3 Å². The average Bonchev–Trinajstić information content (AvgIpc) is 3.02. The van der Waals surface area contributed by atoms with Crippen LogP contribution in [0.25, 0.3) is 11.0 Å². The Morgan fingerprint density at radius 1 is 1.03 bits per heavy atom. The number of fused-ring (bicyclic) bond motifs is 2. The van der Waals surface area contributed by atoms with E-state index < -0.39 is 0 Å². The number of nitrogens with zero attached hydrogens (tertiary/aromatic N) is 3. The van der Waals surface area contributed by atoms with Gasteiger partial charge in [0.1, 0.15) is 0 Å². The number of hydrogen-bond acceptors (Lipinski definition) is 5. The lowest BCUT2D eigenvalue weighted by molar-refractivity contribution is 0.102. The molecule has 3 heterocycles.